The van der Waals surface area contributed by atoms with E-state index in [1.165, 1.54) is 6.92 Å². The largest absolute Gasteiger partial charge is 0.480 e. The van der Waals surface area contributed by atoms with Gasteiger partial charge in [0.1, 0.15) is 35.9 Å². The van der Waals surface area contributed by atoms with E-state index in [0.717, 1.165) is 31.1 Å². The molecule has 1 amide bonds. The van der Waals surface area contributed by atoms with Crippen LogP contribution in [0.4, 0.5) is 0 Å². The molecule has 0 bridgehead atoms. The second-order valence-electron chi connectivity index (χ2n) is 8.35. The monoisotopic (exact) mass is 465 g/mol. The fraction of sp³-hybridized carbons (Fsp3) is 0.895. The number of nitrogens with one attached hydrogen (secondary N) is 2. The Morgan fingerprint density at radius 1 is 1.26 bits per heavy atom. The molecule has 0 radical (unpaired) electrons. The van der Waals surface area contributed by atoms with Gasteiger partial charge in [0.15, 0.2) is 0 Å². The van der Waals surface area contributed by atoms with E-state index in [-0.39, 0.29) is 11.7 Å². The van der Waals surface area contributed by atoms with Crippen LogP contribution >= 0.6 is 11.8 Å². The maximum Gasteiger partial charge on any atom is 0.321 e. The molecule has 0 unspecified atom stereocenters. The van der Waals surface area contributed by atoms with E-state index in [9.17, 15) is 30.0 Å². The van der Waals surface area contributed by atoms with E-state index in [2.05, 4.69) is 17.6 Å². The van der Waals surface area contributed by atoms with E-state index in [0.29, 0.717) is 12.3 Å². The van der Waals surface area contributed by atoms with Crippen LogP contribution in [0.5, 0.6) is 0 Å². The summed E-state index contributed by atoms with van der Waals surface area (Å²) in [5, 5.41) is 56.0. The molecule has 2 saturated heterocycles. The lowest BCUT2D eigenvalue weighted by molar-refractivity contribution is -0.211. The zero-order chi connectivity index (χ0) is 23.3. The Balaban J connectivity index is 2.07. The third-order valence-electron chi connectivity index (χ3n) is 5.78. The van der Waals surface area contributed by atoms with Crippen LogP contribution in [0.1, 0.15) is 33.1 Å². The van der Waals surface area contributed by atoms with Gasteiger partial charge in [0.05, 0.1) is 18.2 Å². The van der Waals surface area contributed by atoms with Crippen LogP contribution in [0.3, 0.4) is 0 Å². The second-order valence-corrected chi connectivity index (χ2v) is 9.48. The Kier molecular flexibility index (Phi) is 9.96. The number of thioether (sulfide) groups is 1. The van der Waals surface area contributed by atoms with Gasteiger partial charge in [-0.25, -0.2) is 0 Å². The molecule has 2 heterocycles. The van der Waals surface area contributed by atoms with Gasteiger partial charge >= 0.3 is 5.97 Å². The van der Waals surface area contributed by atoms with Crippen molar-refractivity contribution < 1.29 is 39.9 Å². The van der Waals surface area contributed by atoms with Crippen LogP contribution in [-0.2, 0) is 14.3 Å². The average molecular weight is 466 g/mol. The number of nitrogens with two attached hydrogens (primary N) is 1. The molecule has 0 aromatic rings. The Bertz CT molecular complexity index is 613. The van der Waals surface area contributed by atoms with Gasteiger partial charge in [0, 0.05) is 5.75 Å². The number of carbonyl (C=O) groups excluding carboxylic acids is 1. The first-order valence-electron chi connectivity index (χ1n) is 10.6. The lowest BCUT2D eigenvalue weighted by Crippen LogP contribution is -2.65. The van der Waals surface area contributed by atoms with E-state index in [4.69, 9.17) is 15.6 Å². The minimum absolute atomic E-state index is 0.108. The van der Waals surface area contributed by atoms with Gasteiger partial charge in [-0.05, 0) is 32.2 Å². The summed E-state index contributed by atoms with van der Waals surface area (Å²) >= 11 is 0.875. The average Bonchev–Trinajstić information content (AvgIpc) is 3.18. The summed E-state index contributed by atoms with van der Waals surface area (Å²) in [6.07, 6.45) is -4.38. The number of aliphatic hydroxyl groups excluding tert-OH is 4. The van der Waals surface area contributed by atoms with Crippen molar-refractivity contribution in [3.05, 3.63) is 0 Å². The topological polar surface area (TPSA) is 195 Å². The summed E-state index contributed by atoms with van der Waals surface area (Å²) in [5.74, 6) is -1.30. The number of carbonyl (C=O) groups is 2. The summed E-state index contributed by atoms with van der Waals surface area (Å²) in [6, 6.07) is -2.71. The van der Waals surface area contributed by atoms with Crippen LogP contribution in [0.15, 0.2) is 0 Å². The first kappa shape index (κ1) is 26.3. The molecule has 0 saturated carbocycles. The molecule has 2 fully saturated rings. The van der Waals surface area contributed by atoms with Crippen molar-refractivity contribution in [1.29, 1.82) is 0 Å². The zero-order valence-electron chi connectivity index (χ0n) is 17.8. The highest BCUT2D eigenvalue weighted by atomic mass is 32.2. The molecule has 0 aromatic heterocycles. The molecule has 10 atom stereocenters. The Morgan fingerprint density at radius 3 is 2.52 bits per heavy atom. The molecule has 2 rings (SSSR count). The number of carboxylic acids is 1. The Hall–Kier alpha value is -0.990. The number of hydrogen-bond acceptors (Lipinski definition) is 10. The third kappa shape index (κ3) is 6.75. The SMILES string of the molecule is CCC[C@H]1CN[C@H](C(=O)N[C@@H]([C@H]2O[C@H](SC[C@H](N)C(=O)O)[C@H](O)[C@@H](O)[C@H]2O)[C@@H](C)O)C1. The van der Waals surface area contributed by atoms with Crippen molar-refractivity contribution in [2.75, 3.05) is 12.3 Å². The highest BCUT2D eigenvalue weighted by molar-refractivity contribution is 7.99. The van der Waals surface area contributed by atoms with Gasteiger partial charge in [0.25, 0.3) is 0 Å². The van der Waals surface area contributed by atoms with E-state index >= 15 is 0 Å². The minimum Gasteiger partial charge on any atom is -0.480 e. The van der Waals surface area contributed by atoms with E-state index in [1.54, 1.807) is 0 Å². The van der Waals surface area contributed by atoms with Gasteiger partial charge in [-0.15, -0.1) is 11.8 Å². The maximum absolute atomic E-state index is 12.8. The number of carboxylic acid groups (broad SMARTS) is 1. The molecule has 2 aliphatic heterocycles. The fourth-order valence-electron chi connectivity index (χ4n) is 3.96. The molecule has 180 valence electrons. The van der Waals surface area contributed by atoms with Crippen LogP contribution in [-0.4, -0.2) is 104 Å². The standard InChI is InChI=1S/C19H35N3O8S/c1-3-4-9-5-11(21-6-9)17(27)22-12(8(2)23)16-14(25)13(24)15(26)19(30-16)31-7-10(20)18(28)29/h8-16,19,21,23-26H,3-7,20H2,1-2H3,(H,22,27)(H,28,29)/t8-,9-,10+,11+,12-,13+,14-,15-,16-,19-/m1/s1. The summed E-state index contributed by atoms with van der Waals surface area (Å²) in [6.45, 7) is 4.22. The van der Waals surface area contributed by atoms with Crippen LogP contribution in [0.25, 0.3) is 0 Å². The molecule has 9 N–H and O–H groups in total. The highest BCUT2D eigenvalue weighted by Gasteiger charge is 2.48. The molecular formula is C19H35N3O8S. The molecule has 0 aliphatic carbocycles. The Labute approximate surface area is 185 Å². The summed E-state index contributed by atoms with van der Waals surface area (Å²) in [5.41, 5.74) is 4.37. The smallest absolute Gasteiger partial charge is 0.321 e. The summed E-state index contributed by atoms with van der Waals surface area (Å²) < 4.78 is 5.72. The quantitative estimate of drug-likeness (QED) is 0.171. The molecule has 0 spiro atoms. The first-order valence-corrected chi connectivity index (χ1v) is 11.6. The van der Waals surface area contributed by atoms with Crippen molar-refractivity contribution in [2.24, 2.45) is 11.7 Å². The van der Waals surface area contributed by atoms with Gasteiger partial charge < -0.3 is 46.6 Å². The predicted molar refractivity (Wildman–Crippen MR) is 113 cm³/mol. The predicted octanol–water partition coefficient (Wildman–Crippen LogP) is -2.42. The van der Waals surface area contributed by atoms with Gasteiger partial charge in [-0.2, -0.15) is 0 Å². The van der Waals surface area contributed by atoms with Crippen molar-refractivity contribution >= 4 is 23.6 Å². The first-order chi connectivity index (χ1) is 14.6. The minimum atomic E-state index is -1.62. The molecule has 11 nitrogen and oxygen atoms in total. The molecular weight excluding hydrogens is 430 g/mol. The van der Waals surface area contributed by atoms with Crippen molar-refractivity contribution in [3.8, 4) is 0 Å². The number of aliphatic carboxylic acids is 1. The number of aliphatic hydroxyl groups is 4. The van der Waals surface area contributed by atoms with Gasteiger partial charge in [-0.3, -0.25) is 9.59 Å². The number of ether oxygens (including phenoxy) is 1. The van der Waals surface area contributed by atoms with Crippen molar-refractivity contribution in [2.45, 2.75) is 87.2 Å². The Morgan fingerprint density at radius 2 is 1.94 bits per heavy atom. The lowest BCUT2D eigenvalue weighted by atomic mass is 9.92. The normalized spacial score (nSPS) is 36.5. The van der Waals surface area contributed by atoms with Crippen molar-refractivity contribution in [3.63, 3.8) is 0 Å². The lowest BCUT2D eigenvalue weighted by Gasteiger charge is -2.44. The maximum atomic E-state index is 12.8. The molecule has 12 heteroatoms. The zero-order valence-corrected chi connectivity index (χ0v) is 18.6. The number of amides is 1. The summed E-state index contributed by atoms with van der Waals surface area (Å²) in [4.78, 5) is 23.7. The van der Waals surface area contributed by atoms with Gasteiger partial charge in [0.2, 0.25) is 5.91 Å². The van der Waals surface area contributed by atoms with Gasteiger partial charge in [-0.1, -0.05) is 13.3 Å². The van der Waals surface area contributed by atoms with E-state index < -0.39 is 60.1 Å². The molecule has 0 aromatic carbocycles. The fourth-order valence-corrected chi connectivity index (χ4v) is 5.06. The van der Waals surface area contributed by atoms with Crippen LogP contribution < -0.4 is 16.4 Å². The van der Waals surface area contributed by atoms with E-state index in [1.807, 2.05) is 0 Å². The van der Waals surface area contributed by atoms with Crippen molar-refractivity contribution in [1.82, 2.24) is 10.6 Å². The molecule has 2 aliphatic rings. The molecule has 31 heavy (non-hydrogen) atoms. The number of hydrogen-bond donors (Lipinski definition) is 8. The summed E-state index contributed by atoms with van der Waals surface area (Å²) in [7, 11) is 0. The van der Waals surface area contributed by atoms with Crippen LogP contribution in [0.2, 0.25) is 0 Å². The second kappa shape index (κ2) is 11.8. The third-order valence-corrected chi connectivity index (χ3v) is 7.05. The highest BCUT2D eigenvalue weighted by Crippen LogP contribution is 2.31. The van der Waals surface area contributed by atoms with Crippen LogP contribution in [0, 0.1) is 5.92 Å². The number of rotatable bonds is 10.